The Hall–Kier alpha value is -2.77. The quantitative estimate of drug-likeness (QED) is 0.211. The molecule has 2 aliphatic heterocycles. The summed E-state index contributed by atoms with van der Waals surface area (Å²) < 4.78 is 10.7. The van der Waals surface area contributed by atoms with E-state index in [1.54, 1.807) is 26.2 Å². The Kier molecular flexibility index (Phi) is 10.6. The third kappa shape index (κ3) is 7.49. The fourth-order valence-corrected chi connectivity index (χ4v) is 6.88. The summed E-state index contributed by atoms with van der Waals surface area (Å²) >= 11 is 13.8. The zero-order valence-corrected chi connectivity index (χ0v) is 26.9. The van der Waals surface area contributed by atoms with Crippen LogP contribution in [0.15, 0.2) is 12.4 Å². The van der Waals surface area contributed by atoms with Gasteiger partial charge in [-0.2, -0.15) is 0 Å². The number of ether oxygens (including phenoxy) is 2. The van der Waals surface area contributed by atoms with Crippen LogP contribution in [0.25, 0.3) is 11.4 Å². The minimum atomic E-state index is -0.430. The van der Waals surface area contributed by atoms with E-state index in [0.29, 0.717) is 58.0 Å². The van der Waals surface area contributed by atoms with Crippen LogP contribution in [-0.4, -0.2) is 95.7 Å². The largest absolute Gasteiger partial charge is 0.462 e. The average molecular weight is 651 g/mol. The van der Waals surface area contributed by atoms with Gasteiger partial charge in [0.2, 0.25) is 0 Å². The highest BCUT2D eigenvalue weighted by Gasteiger charge is 2.32. The lowest BCUT2D eigenvalue weighted by atomic mass is 9.83. The van der Waals surface area contributed by atoms with Crippen LogP contribution in [0.1, 0.15) is 52.5 Å². The number of aryl methyl sites for hydroxylation is 1. The Balaban J connectivity index is 1.25. The van der Waals surface area contributed by atoms with Crippen LogP contribution in [0.5, 0.6) is 0 Å². The summed E-state index contributed by atoms with van der Waals surface area (Å²) in [5, 5.41) is 4.71. The van der Waals surface area contributed by atoms with Crippen molar-refractivity contribution in [2.24, 2.45) is 11.8 Å². The van der Waals surface area contributed by atoms with E-state index in [2.05, 4.69) is 37.0 Å². The molecule has 0 bridgehead atoms. The fourth-order valence-electron chi connectivity index (χ4n) is 5.44. The van der Waals surface area contributed by atoms with Crippen molar-refractivity contribution in [2.75, 3.05) is 69.3 Å². The number of hydrogen-bond acceptors (Lipinski definition) is 11. The number of halogens is 2. The third-order valence-electron chi connectivity index (χ3n) is 7.94. The first-order valence-electron chi connectivity index (χ1n) is 14.6. The monoisotopic (exact) mass is 649 g/mol. The molecule has 2 fully saturated rings. The highest BCUT2D eigenvalue weighted by molar-refractivity contribution is 7.17. The number of nitrogens with zero attached hydrogens (tertiary/aromatic N) is 5. The lowest BCUT2D eigenvalue weighted by molar-refractivity contribution is 0.0398. The summed E-state index contributed by atoms with van der Waals surface area (Å²) in [5.74, 6) is 0.586. The van der Waals surface area contributed by atoms with Crippen LogP contribution in [0.3, 0.4) is 0 Å². The molecule has 11 nitrogen and oxygen atoms in total. The van der Waals surface area contributed by atoms with E-state index in [1.165, 1.54) is 11.3 Å². The molecule has 232 valence electrons. The maximum absolute atomic E-state index is 13.0. The molecule has 5 heterocycles. The van der Waals surface area contributed by atoms with E-state index < -0.39 is 5.97 Å². The van der Waals surface area contributed by atoms with Crippen molar-refractivity contribution in [3.8, 4) is 11.4 Å². The van der Waals surface area contributed by atoms with Gasteiger partial charge < -0.3 is 24.7 Å². The van der Waals surface area contributed by atoms with Crippen molar-refractivity contribution in [1.29, 1.82) is 0 Å². The Morgan fingerprint density at radius 2 is 1.98 bits per heavy atom. The van der Waals surface area contributed by atoms with Gasteiger partial charge in [-0.05, 0) is 32.1 Å². The molecule has 0 aromatic carbocycles. The summed E-state index contributed by atoms with van der Waals surface area (Å²) in [6.45, 7) is 12.4. The van der Waals surface area contributed by atoms with Crippen molar-refractivity contribution in [3.05, 3.63) is 38.7 Å². The molecule has 0 unspecified atom stereocenters. The molecule has 0 amide bonds. The van der Waals surface area contributed by atoms with Gasteiger partial charge in [0.15, 0.2) is 10.9 Å². The molecular formula is C29H37Cl2N7O4S. The third-order valence-corrected chi connectivity index (χ3v) is 9.99. The number of nitrogens with one attached hydrogen (secondary N) is 2. The molecule has 0 radical (unpaired) electrons. The molecule has 0 spiro atoms. The number of ketones is 1. The molecular weight excluding hydrogens is 613 g/mol. The number of rotatable bonds is 11. The van der Waals surface area contributed by atoms with E-state index in [1.807, 2.05) is 0 Å². The van der Waals surface area contributed by atoms with E-state index in [4.69, 9.17) is 37.7 Å². The van der Waals surface area contributed by atoms with Crippen LogP contribution in [0, 0.1) is 18.8 Å². The molecule has 2 saturated heterocycles. The SMILES string of the molecule is CCOC(=O)c1sc(N2CC[C@@H](CC(=O)c3[nH]c(C)c(Cl)c3Cl)[C@@H](C)C2)nc1-c1cnc(NCCN2CCOCC2)cn1. The van der Waals surface area contributed by atoms with Crippen molar-refractivity contribution in [1.82, 2.24) is 24.8 Å². The number of carbonyl (C=O) groups is 2. The van der Waals surface area contributed by atoms with Crippen LogP contribution in [0.4, 0.5) is 10.9 Å². The molecule has 5 rings (SSSR count). The standard InChI is InChI=1S/C29H37Cl2N7O4S/c1-4-42-28(40)27-25(20-14-34-22(15-33-20)32-6-8-37-9-11-41-12-10-37)36-29(43-27)38-7-5-19(17(2)16-38)13-21(39)26-24(31)23(30)18(3)35-26/h14-15,17,19,35H,4-13,16H2,1-3H3,(H,32,34)/t17-,19-/m0/s1. The second-order valence-electron chi connectivity index (χ2n) is 10.9. The van der Waals surface area contributed by atoms with E-state index >= 15 is 0 Å². The van der Waals surface area contributed by atoms with Crippen LogP contribution in [0.2, 0.25) is 10.0 Å². The zero-order chi connectivity index (χ0) is 30.5. The molecule has 2 atom stereocenters. The first-order chi connectivity index (χ1) is 20.7. The number of morpholine rings is 1. The Labute approximate surface area is 265 Å². The average Bonchev–Trinajstić information content (AvgIpc) is 3.57. The van der Waals surface area contributed by atoms with Gasteiger partial charge in [-0.1, -0.05) is 41.5 Å². The number of piperidine rings is 1. The van der Waals surface area contributed by atoms with Crippen LogP contribution in [-0.2, 0) is 9.47 Å². The highest BCUT2D eigenvalue weighted by Crippen LogP contribution is 2.38. The molecule has 3 aromatic rings. The number of aromatic nitrogens is 4. The number of thiazole rings is 1. The molecule has 14 heteroatoms. The summed E-state index contributed by atoms with van der Waals surface area (Å²) in [7, 11) is 0. The second kappa shape index (κ2) is 14.3. The van der Waals surface area contributed by atoms with Gasteiger partial charge >= 0.3 is 5.97 Å². The van der Waals surface area contributed by atoms with Crippen LogP contribution >= 0.6 is 34.5 Å². The lowest BCUT2D eigenvalue weighted by Gasteiger charge is -2.36. The molecule has 0 saturated carbocycles. The topological polar surface area (TPSA) is 126 Å². The maximum Gasteiger partial charge on any atom is 0.350 e. The Bertz CT molecular complexity index is 1420. The number of esters is 1. The van der Waals surface area contributed by atoms with Gasteiger partial charge in [-0.3, -0.25) is 9.69 Å². The Morgan fingerprint density at radius 3 is 2.63 bits per heavy atom. The number of Topliss-reactive ketones (excluding diaryl/α,β-unsaturated/α-hetero) is 1. The predicted molar refractivity (Wildman–Crippen MR) is 169 cm³/mol. The number of H-pyrrole nitrogens is 1. The number of hydrogen-bond donors (Lipinski definition) is 2. The highest BCUT2D eigenvalue weighted by atomic mass is 35.5. The summed E-state index contributed by atoms with van der Waals surface area (Å²) in [6.07, 6.45) is 4.48. The summed E-state index contributed by atoms with van der Waals surface area (Å²) in [6, 6.07) is 0. The molecule has 3 aromatic heterocycles. The molecule has 0 aliphatic carbocycles. The van der Waals surface area contributed by atoms with Crippen molar-refractivity contribution in [2.45, 2.75) is 33.6 Å². The van der Waals surface area contributed by atoms with Crippen molar-refractivity contribution < 1.29 is 19.1 Å². The summed E-state index contributed by atoms with van der Waals surface area (Å²) in [4.78, 5) is 47.8. The van der Waals surface area contributed by atoms with Gasteiger partial charge in [0.05, 0.1) is 42.3 Å². The van der Waals surface area contributed by atoms with E-state index in [0.717, 1.165) is 50.9 Å². The number of carbonyl (C=O) groups excluding carboxylic acids is 2. The smallest absolute Gasteiger partial charge is 0.350 e. The first-order valence-corrected chi connectivity index (χ1v) is 16.2. The van der Waals surface area contributed by atoms with Crippen molar-refractivity contribution in [3.63, 3.8) is 0 Å². The summed E-state index contributed by atoms with van der Waals surface area (Å²) in [5.41, 5.74) is 2.04. The minimum Gasteiger partial charge on any atom is -0.462 e. The lowest BCUT2D eigenvalue weighted by Crippen LogP contribution is -2.40. The van der Waals surface area contributed by atoms with Gasteiger partial charge in [0, 0.05) is 51.4 Å². The van der Waals surface area contributed by atoms with Gasteiger partial charge in [-0.25, -0.2) is 19.7 Å². The zero-order valence-electron chi connectivity index (χ0n) is 24.6. The van der Waals surface area contributed by atoms with Crippen LogP contribution < -0.4 is 10.2 Å². The van der Waals surface area contributed by atoms with Crippen molar-refractivity contribution >= 4 is 57.2 Å². The predicted octanol–water partition coefficient (Wildman–Crippen LogP) is 5.20. The number of aromatic amines is 1. The normalized spacial score (nSPS) is 19.4. The number of anilines is 2. The van der Waals surface area contributed by atoms with E-state index in [-0.39, 0.29) is 29.2 Å². The molecule has 2 aliphatic rings. The molecule has 43 heavy (non-hydrogen) atoms. The van der Waals surface area contributed by atoms with Gasteiger partial charge in [0.1, 0.15) is 27.8 Å². The minimum absolute atomic E-state index is 0.0379. The van der Waals surface area contributed by atoms with Gasteiger partial charge in [-0.15, -0.1) is 0 Å². The first kappa shape index (κ1) is 31.6. The molecule has 2 N–H and O–H groups in total. The maximum atomic E-state index is 13.0. The Morgan fingerprint density at radius 1 is 1.19 bits per heavy atom. The fraction of sp³-hybridized carbons (Fsp3) is 0.552. The van der Waals surface area contributed by atoms with E-state index in [9.17, 15) is 9.59 Å². The van der Waals surface area contributed by atoms with Gasteiger partial charge in [0.25, 0.3) is 0 Å². The second-order valence-corrected chi connectivity index (χ2v) is 12.6.